The first-order chi connectivity index (χ1) is 12.3. The summed E-state index contributed by atoms with van der Waals surface area (Å²) in [6.07, 6.45) is -2.35. The number of ether oxygens (including phenoxy) is 2. The van der Waals surface area contributed by atoms with Gasteiger partial charge in [0.05, 0.1) is 18.9 Å². The van der Waals surface area contributed by atoms with Crippen molar-refractivity contribution < 1.29 is 27.4 Å². The molecule has 0 spiro atoms. The van der Waals surface area contributed by atoms with Gasteiger partial charge in [-0.1, -0.05) is 15.9 Å². The Bertz CT molecular complexity index is 796. The number of esters is 1. The summed E-state index contributed by atoms with van der Waals surface area (Å²) in [4.78, 5) is 14.8. The molecule has 0 radical (unpaired) electrons. The molecule has 10 heteroatoms. The fourth-order valence-electron chi connectivity index (χ4n) is 1.74. The molecule has 1 aromatic carbocycles. The van der Waals surface area contributed by atoms with E-state index in [0.717, 1.165) is 16.6 Å². The van der Waals surface area contributed by atoms with Crippen molar-refractivity contribution in [2.45, 2.75) is 6.18 Å². The molecule has 2 rings (SSSR count). The van der Waals surface area contributed by atoms with Crippen LogP contribution in [-0.4, -0.2) is 30.9 Å². The summed E-state index contributed by atoms with van der Waals surface area (Å²) in [5, 5.41) is 3.92. The number of benzene rings is 1. The summed E-state index contributed by atoms with van der Waals surface area (Å²) in [5.74, 6) is -0.0197. The number of alkyl halides is 3. The number of anilines is 1. The molecule has 0 saturated carbocycles. The van der Waals surface area contributed by atoms with Crippen molar-refractivity contribution in [2.75, 3.05) is 19.1 Å². The van der Waals surface area contributed by atoms with Crippen molar-refractivity contribution in [1.82, 2.24) is 4.98 Å². The van der Waals surface area contributed by atoms with Crippen molar-refractivity contribution in [3.8, 4) is 5.75 Å². The normalized spacial score (nSPS) is 11.4. The van der Waals surface area contributed by atoms with Crippen molar-refractivity contribution in [1.29, 1.82) is 0 Å². The van der Waals surface area contributed by atoms with Gasteiger partial charge in [-0.25, -0.2) is 9.78 Å². The van der Waals surface area contributed by atoms with Crippen LogP contribution in [0.1, 0.15) is 11.1 Å². The maximum atomic E-state index is 12.5. The minimum absolute atomic E-state index is 0.140. The highest BCUT2D eigenvalue weighted by molar-refractivity contribution is 9.10. The Balaban J connectivity index is 2.07. The second kappa shape index (κ2) is 8.65. The molecule has 0 aliphatic rings. The quantitative estimate of drug-likeness (QED) is 0.427. The van der Waals surface area contributed by atoms with E-state index in [4.69, 9.17) is 4.74 Å². The second-order valence-electron chi connectivity index (χ2n) is 4.85. The van der Waals surface area contributed by atoms with Crippen LogP contribution in [0.15, 0.2) is 46.1 Å². The summed E-state index contributed by atoms with van der Waals surface area (Å²) in [6, 6.07) is 7.10. The van der Waals surface area contributed by atoms with Crippen LogP contribution in [0.2, 0.25) is 0 Å². The van der Waals surface area contributed by atoms with Crippen molar-refractivity contribution in [3.05, 3.63) is 52.1 Å². The maximum absolute atomic E-state index is 12.5. The van der Waals surface area contributed by atoms with E-state index in [1.165, 1.54) is 13.3 Å². The average Bonchev–Trinajstić information content (AvgIpc) is 2.60. The van der Waals surface area contributed by atoms with Gasteiger partial charge in [0.25, 0.3) is 0 Å². The third-order valence-electron chi connectivity index (χ3n) is 3.02. The zero-order valence-electron chi connectivity index (χ0n) is 13.4. The predicted octanol–water partition coefficient (Wildman–Crippen LogP) is 3.86. The number of pyridine rings is 1. The number of nitrogens with one attached hydrogen (secondary N) is 1. The minimum Gasteiger partial charge on any atom is -0.481 e. The van der Waals surface area contributed by atoms with E-state index in [1.807, 2.05) is 0 Å². The molecule has 6 nitrogen and oxygen atoms in total. The molecule has 0 aliphatic heterocycles. The van der Waals surface area contributed by atoms with Gasteiger partial charge in [-0.3, -0.25) is 5.43 Å². The number of methoxy groups -OCH3 is 1. The number of halogens is 4. The monoisotopic (exact) mass is 431 g/mol. The lowest BCUT2D eigenvalue weighted by atomic mass is 10.2. The first-order valence-corrected chi connectivity index (χ1v) is 7.90. The fraction of sp³-hybridized carbons (Fsp3) is 0.188. The summed E-state index contributed by atoms with van der Waals surface area (Å²) >= 11 is 3.31. The van der Waals surface area contributed by atoms with Crippen LogP contribution in [0.5, 0.6) is 5.75 Å². The molecule has 26 heavy (non-hydrogen) atoms. The summed E-state index contributed by atoms with van der Waals surface area (Å²) in [5.41, 5.74) is 2.20. The number of hydrogen-bond acceptors (Lipinski definition) is 6. The SMILES string of the molecule is COC(=O)COc1ccc(Br)cc1/C=N\Nc1ccc(C(F)(F)F)cn1. The van der Waals surface area contributed by atoms with Gasteiger partial charge in [-0.2, -0.15) is 18.3 Å². The highest BCUT2D eigenvalue weighted by atomic mass is 79.9. The van der Waals surface area contributed by atoms with Gasteiger partial charge in [0.15, 0.2) is 6.61 Å². The van der Waals surface area contributed by atoms with Crippen molar-refractivity contribution in [3.63, 3.8) is 0 Å². The Morgan fingerprint density at radius 3 is 2.73 bits per heavy atom. The number of nitrogens with zero attached hydrogens (tertiary/aromatic N) is 2. The van der Waals surface area contributed by atoms with Crippen LogP contribution >= 0.6 is 15.9 Å². The summed E-state index contributed by atoms with van der Waals surface area (Å²) < 4.78 is 48.1. The van der Waals surface area contributed by atoms with E-state index in [9.17, 15) is 18.0 Å². The number of rotatable bonds is 6. The van der Waals surface area contributed by atoms with Gasteiger partial charge < -0.3 is 9.47 Å². The molecule has 0 atom stereocenters. The Morgan fingerprint density at radius 1 is 1.35 bits per heavy atom. The van der Waals surface area contributed by atoms with E-state index in [-0.39, 0.29) is 12.4 Å². The molecular formula is C16H13BrF3N3O3. The molecule has 0 unspecified atom stereocenters. The Hall–Kier alpha value is -2.62. The first-order valence-electron chi connectivity index (χ1n) is 7.11. The maximum Gasteiger partial charge on any atom is 0.417 e. The molecule has 1 aromatic heterocycles. The van der Waals surface area contributed by atoms with Gasteiger partial charge in [-0.05, 0) is 30.3 Å². The van der Waals surface area contributed by atoms with Gasteiger partial charge in [0.1, 0.15) is 11.6 Å². The molecule has 0 bridgehead atoms. The number of carbonyl (C=O) groups is 1. The molecular weight excluding hydrogens is 419 g/mol. The highest BCUT2D eigenvalue weighted by Crippen LogP contribution is 2.28. The third kappa shape index (κ3) is 5.73. The molecule has 0 saturated heterocycles. The summed E-state index contributed by atoms with van der Waals surface area (Å²) in [6.45, 7) is -0.271. The molecule has 0 aliphatic carbocycles. The van der Waals surface area contributed by atoms with Gasteiger partial charge in [-0.15, -0.1) is 0 Å². The zero-order valence-corrected chi connectivity index (χ0v) is 15.0. The smallest absolute Gasteiger partial charge is 0.417 e. The van der Waals surface area contributed by atoms with Gasteiger partial charge in [0, 0.05) is 16.2 Å². The standard InChI is InChI=1S/C16H13BrF3N3O3/c1-25-15(24)9-26-13-4-3-12(17)6-10(13)7-22-23-14-5-2-11(8-21-14)16(18,19)20/h2-8H,9H2,1H3,(H,21,23)/b22-7-. The van der Waals surface area contributed by atoms with Crippen LogP contribution in [0.3, 0.4) is 0 Å². The van der Waals surface area contributed by atoms with Crippen molar-refractivity contribution in [2.24, 2.45) is 5.10 Å². The van der Waals surface area contributed by atoms with Crippen LogP contribution in [0.4, 0.5) is 19.0 Å². The Morgan fingerprint density at radius 2 is 2.12 bits per heavy atom. The van der Waals surface area contributed by atoms with Crippen molar-refractivity contribution >= 4 is 33.9 Å². The Kier molecular flexibility index (Phi) is 6.56. The van der Waals surface area contributed by atoms with E-state index < -0.39 is 17.7 Å². The average molecular weight is 432 g/mol. The minimum atomic E-state index is -4.45. The zero-order chi connectivity index (χ0) is 19.2. The molecule has 0 fully saturated rings. The topological polar surface area (TPSA) is 72.8 Å². The molecule has 0 amide bonds. The number of hydrogen-bond donors (Lipinski definition) is 1. The van der Waals surface area contributed by atoms with Gasteiger partial charge in [0.2, 0.25) is 0 Å². The largest absolute Gasteiger partial charge is 0.481 e. The number of aromatic nitrogens is 1. The molecule has 138 valence electrons. The van der Waals surface area contributed by atoms with Crippen LogP contribution in [0, 0.1) is 0 Å². The Labute approximate surface area is 155 Å². The van der Waals surface area contributed by atoms with E-state index in [1.54, 1.807) is 18.2 Å². The lowest BCUT2D eigenvalue weighted by Crippen LogP contribution is -2.13. The first kappa shape index (κ1) is 19.7. The predicted molar refractivity (Wildman–Crippen MR) is 92.1 cm³/mol. The third-order valence-corrected chi connectivity index (χ3v) is 3.51. The molecule has 1 N–H and O–H groups in total. The lowest BCUT2D eigenvalue weighted by molar-refractivity contribution is -0.143. The van der Waals surface area contributed by atoms with Gasteiger partial charge >= 0.3 is 12.1 Å². The fourth-order valence-corrected chi connectivity index (χ4v) is 2.12. The van der Waals surface area contributed by atoms with Crippen LogP contribution in [-0.2, 0) is 15.7 Å². The molecule has 1 heterocycles. The van der Waals surface area contributed by atoms with Crippen LogP contribution in [0.25, 0.3) is 0 Å². The number of hydrazone groups is 1. The van der Waals surface area contributed by atoms with E-state index in [2.05, 4.69) is 36.2 Å². The van der Waals surface area contributed by atoms with E-state index >= 15 is 0 Å². The van der Waals surface area contributed by atoms with E-state index in [0.29, 0.717) is 17.5 Å². The highest BCUT2D eigenvalue weighted by Gasteiger charge is 2.30. The second-order valence-corrected chi connectivity index (χ2v) is 5.76. The summed E-state index contributed by atoms with van der Waals surface area (Å²) in [7, 11) is 1.25. The number of carbonyl (C=O) groups excluding carboxylic acids is 1. The van der Waals surface area contributed by atoms with Crippen LogP contribution < -0.4 is 10.2 Å². The molecule has 2 aromatic rings. The lowest BCUT2D eigenvalue weighted by Gasteiger charge is -2.08.